The Bertz CT molecular complexity index is 183. The Hall–Kier alpha value is -0.570. The second-order valence-electron chi connectivity index (χ2n) is 4.64. The summed E-state index contributed by atoms with van der Waals surface area (Å²) in [5.74, 6) is -0.564. The van der Waals surface area contributed by atoms with Gasteiger partial charge in [0.25, 0.3) is 0 Å². The molecule has 3 nitrogen and oxygen atoms in total. The Morgan fingerprint density at radius 2 is 1.77 bits per heavy atom. The summed E-state index contributed by atoms with van der Waals surface area (Å²) in [5, 5.41) is 8.35. The van der Waals surface area contributed by atoms with E-state index in [2.05, 4.69) is 11.8 Å². The molecule has 0 atom stereocenters. The predicted molar refractivity (Wildman–Crippen MR) is 51.2 cm³/mol. The van der Waals surface area contributed by atoms with Gasteiger partial charge in [0.05, 0.1) is 5.41 Å². The second kappa shape index (κ2) is 4.09. The number of rotatable bonds is 4. The first-order chi connectivity index (χ1) is 5.79. The molecule has 0 aromatic heterocycles. The standard InChI is InChI=1S/C10H20O3/c1-6-7-9(2,3)10(4,5)8(11)13-12/h12H,6-7H2,1-5H3. The lowest BCUT2D eigenvalue weighted by molar-refractivity contribution is -0.249. The summed E-state index contributed by atoms with van der Waals surface area (Å²) in [6, 6.07) is 0. The summed E-state index contributed by atoms with van der Waals surface area (Å²) >= 11 is 0. The van der Waals surface area contributed by atoms with Gasteiger partial charge in [0.2, 0.25) is 0 Å². The third-order valence-electron chi connectivity index (χ3n) is 3.16. The molecule has 1 N–H and O–H groups in total. The molecule has 0 rings (SSSR count). The molecule has 13 heavy (non-hydrogen) atoms. The molecular weight excluding hydrogens is 168 g/mol. The first-order valence-corrected chi connectivity index (χ1v) is 4.65. The van der Waals surface area contributed by atoms with Crippen LogP contribution in [-0.4, -0.2) is 11.2 Å². The molecule has 0 bridgehead atoms. The quantitative estimate of drug-likeness (QED) is 0.545. The van der Waals surface area contributed by atoms with Crippen molar-refractivity contribution < 1.29 is 14.9 Å². The summed E-state index contributed by atoms with van der Waals surface area (Å²) in [5.41, 5.74) is -0.820. The maximum atomic E-state index is 11.3. The van der Waals surface area contributed by atoms with Crippen molar-refractivity contribution in [3.05, 3.63) is 0 Å². The monoisotopic (exact) mass is 188 g/mol. The normalized spacial score (nSPS) is 12.8. The van der Waals surface area contributed by atoms with Crippen molar-refractivity contribution in [3.63, 3.8) is 0 Å². The van der Waals surface area contributed by atoms with E-state index in [1.807, 2.05) is 13.8 Å². The van der Waals surface area contributed by atoms with Crippen LogP contribution in [0, 0.1) is 10.8 Å². The molecule has 0 radical (unpaired) electrons. The summed E-state index contributed by atoms with van der Waals surface area (Å²) in [6.07, 6.45) is 1.93. The fraction of sp³-hybridized carbons (Fsp3) is 0.900. The fourth-order valence-corrected chi connectivity index (χ4v) is 1.33. The molecule has 0 unspecified atom stereocenters. The van der Waals surface area contributed by atoms with Crippen LogP contribution in [0.5, 0.6) is 0 Å². The lowest BCUT2D eigenvalue weighted by Crippen LogP contribution is -2.40. The van der Waals surface area contributed by atoms with Crippen molar-refractivity contribution in [1.29, 1.82) is 0 Å². The van der Waals surface area contributed by atoms with Gasteiger partial charge in [-0.3, -0.25) is 0 Å². The van der Waals surface area contributed by atoms with Crippen LogP contribution in [0.25, 0.3) is 0 Å². The van der Waals surface area contributed by atoms with E-state index in [0.717, 1.165) is 12.8 Å². The molecule has 0 saturated heterocycles. The van der Waals surface area contributed by atoms with Gasteiger partial charge in [-0.15, -0.1) is 0 Å². The van der Waals surface area contributed by atoms with Crippen LogP contribution >= 0.6 is 0 Å². The van der Waals surface area contributed by atoms with Crippen molar-refractivity contribution in [2.45, 2.75) is 47.5 Å². The highest BCUT2D eigenvalue weighted by Gasteiger charge is 2.44. The van der Waals surface area contributed by atoms with Crippen LogP contribution in [0.1, 0.15) is 47.5 Å². The minimum absolute atomic E-state index is 0.165. The van der Waals surface area contributed by atoms with E-state index >= 15 is 0 Å². The topological polar surface area (TPSA) is 46.5 Å². The van der Waals surface area contributed by atoms with Gasteiger partial charge in [-0.2, -0.15) is 5.26 Å². The average Bonchev–Trinajstić information content (AvgIpc) is 2.02. The third-order valence-corrected chi connectivity index (χ3v) is 3.16. The van der Waals surface area contributed by atoms with Gasteiger partial charge >= 0.3 is 5.97 Å². The summed E-state index contributed by atoms with van der Waals surface area (Å²) in [7, 11) is 0. The summed E-state index contributed by atoms with van der Waals surface area (Å²) in [4.78, 5) is 15.1. The summed E-state index contributed by atoms with van der Waals surface area (Å²) < 4.78 is 0. The smallest absolute Gasteiger partial charge is 0.300 e. The molecule has 0 heterocycles. The molecule has 78 valence electrons. The zero-order valence-electron chi connectivity index (χ0n) is 9.18. The van der Waals surface area contributed by atoms with Crippen LogP contribution in [0.3, 0.4) is 0 Å². The highest BCUT2D eigenvalue weighted by atomic mass is 17.1. The molecule has 0 spiro atoms. The Labute approximate surface area is 80.0 Å². The van der Waals surface area contributed by atoms with Crippen molar-refractivity contribution in [3.8, 4) is 0 Å². The zero-order chi connectivity index (χ0) is 10.7. The second-order valence-corrected chi connectivity index (χ2v) is 4.64. The Morgan fingerprint density at radius 1 is 1.31 bits per heavy atom. The number of carbonyl (C=O) groups is 1. The molecule has 0 saturated carbocycles. The van der Waals surface area contributed by atoms with Gasteiger partial charge in [-0.25, -0.2) is 4.79 Å². The first-order valence-electron chi connectivity index (χ1n) is 4.65. The van der Waals surface area contributed by atoms with E-state index in [0.29, 0.717) is 0 Å². The molecule has 0 fully saturated rings. The molecule has 3 heteroatoms. The Kier molecular flexibility index (Phi) is 3.91. The first kappa shape index (κ1) is 12.4. The van der Waals surface area contributed by atoms with Crippen molar-refractivity contribution in [2.75, 3.05) is 0 Å². The van der Waals surface area contributed by atoms with E-state index < -0.39 is 11.4 Å². The van der Waals surface area contributed by atoms with E-state index in [1.54, 1.807) is 13.8 Å². The van der Waals surface area contributed by atoms with Gasteiger partial charge in [0, 0.05) is 0 Å². The number of hydrogen-bond donors (Lipinski definition) is 1. The SMILES string of the molecule is CCCC(C)(C)C(C)(C)C(=O)OO. The minimum atomic E-state index is -0.655. The number of hydrogen-bond acceptors (Lipinski definition) is 3. The zero-order valence-corrected chi connectivity index (χ0v) is 9.18. The lowest BCUT2D eigenvalue weighted by atomic mass is 9.66. The van der Waals surface area contributed by atoms with Gasteiger partial charge < -0.3 is 4.89 Å². The molecule has 0 aromatic rings. The molecule has 0 aliphatic rings. The lowest BCUT2D eigenvalue weighted by Gasteiger charge is -2.38. The van der Waals surface area contributed by atoms with E-state index in [4.69, 9.17) is 5.26 Å². The van der Waals surface area contributed by atoms with Crippen LogP contribution in [0.15, 0.2) is 0 Å². The van der Waals surface area contributed by atoms with Gasteiger partial charge in [0.1, 0.15) is 0 Å². The van der Waals surface area contributed by atoms with Crippen molar-refractivity contribution in [1.82, 2.24) is 0 Å². The van der Waals surface area contributed by atoms with Crippen molar-refractivity contribution in [2.24, 2.45) is 10.8 Å². The van der Waals surface area contributed by atoms with Crippen molar-refractivity contribution >= 4 is 5.97 Å². The molecule has 0 amide bonds. The Morgan fingerprint density at radius 3 is 2.08 bits per heavy atom. The van der Waals surface area contributed by atoms with Gasteiger partial charge in [-0.1, -0.05) is 27.2 Å². The average molecular weight is 188 g/mol. The fourth-order valence-electron chi connectivity index (χ4n) is 1.33. The van der Waals surface area contributed by atoms with E-state index in [-0.39, 0.29) is 5.41 Å². The van der Waals surface area contributed by atoms with Gasteiger partial charge in [0.15, 0.2) is 0 Å². The molecule has 0 aliphatic heterocycles. The van der Waals surface area contributed by atoms with Crippen LogP contribution in [0.4, 0.5) is 0 Å². The summed E-state index contributed by atoms with van der Waals surface area (Å²) in [6.45, 7) is 9.67. The van der Waals surface area contributed by atoms with E-state index in [9.17, 15) is 4.79 Å². The highest BCUT2D eigenvalue weighted by molar-refractivity contribution is 5.76. The van der Waals surface area contributed by atoms with Crippen LogP contribution < -0.4 is 0 Å². The molecule has 0 aliphatic carbocycles. The van der Waals surface area contributed by atoms with Gasteiger partial charge in [-0.05, 0) is 25.7 Å². The van der Waals surface area contributed by atoms with E-state index in [1.165, 1.54) is 0 Å². The maximum absolute atomic E-state index is 11.3. The molecule has 0 aromatic carbocycles. The predicted octanol–water partition coefficient (Wildman–Crippen LogP) is 2.86. The largest absolute Gasteiger partial charge is 0.348 e. The highest BCUT2D eigenvalue weighted by Crippen LogP contribution is 2.42. The number of carbonyl (C=O) groups excluding carboxylic acids is 1. The van der Waals surface area contributed by atoms with Crippen LogP contribution in [-0.2, 0) is 9.68 Å². The molecular formula is C10H20O3. The third kappa shape index (κ3) is 2.44. The Balaban J connectivity index is 4.69. The maximum Gasteiger partial charge on any atom is 0.348 e. The minimum Gasteiger partial charge on any atom is -0.300 e. The van der Waals surface area contributed by atoms with Crippen LogP contribution in [0.2, 0.25) is 0 Å².